The van der Waals surface area contributed by atoms with Crippen molar-refractivity contribution in [3.05, 3.63) is 34.9 Å². The number of unbranched alkanes of at least 4 members (excludes halogenated alkanes) is 1. The van der Waals surface area contributed by atoms with E-state index in [1.807, 2.05) is 12.1 Å². The molecule has 0 aromatic heterocycles. The second-order valence-electron chi connectivity index (χ2n) is 3.62. The highest BCUT2D eigenvalue weighted by atomic mass is 35.5. The van der Waals surface area contributed by atoms with Crippen LogP contribution in [0.4, 0.5) is 0 Å². The number of hydrogen-bond acceptors (Lipinski definition) is 2. The van der Waals surface area contributed by atoms with E-state index in [4.69, 9.17) is 16.3 Å². The maximum atomic E-state index is 11.7. The molecule has 0 bridgehead atoms. The smallest absolute Gasteiger partial charge is 0.166 e. The van der Waals surface area contributed by atoms with E-state index in [-0.39, 0.29) is 5.78 Å². The van der Waals surface area contributed by atoms with Crippen LogP contribution in [0.1, 0.15) is 36.5 Å². The first-order valence-electron chi connectivity index (χ1n) is 5.61. The molecular weight excluding hydrogens is 224 g/mol. The average molecular weight is 241 g/mol. The number of Topliss-reactive ketones (excluding diaryl/α,β-unsaturated/α-hetero) is 1. The van der Waals surface area contributed by atoms with Crippen molar-refractivity contribution in [2.75, 3.05) is 13.2 Å². The van der Waals surface area contributed by atoms with Gasteiger partial charge in [0, 0.05) is 18.6 Å². The fourth-order valence-corrected chi connectivity index (χ4v) is 1.58. The van der Waals surface area contributed by atoms with Gasteiger partial charge in [0.05, 0.1) is 11.6 Å². The van der Waals surface area contributed by atoms with Crippen LogP contribution in [0.5, 0.6) is 0 Å². The highest BCUT2D eigenvalue weighted by Gasteiger charge is 2.08. The summed E-state index contributed by atoms with van der Waals surface area (Å²) in [5.74, 6) is 0.0436. The summed E-state index contributed by atoms with van der Waals surface area (Å²) >= 11 is 5.92. The number of halogens is 1. The van der Waals surface area contributed by atoms with Gasteiger partial charge in [-0.3, -0.25) is 4.79 Å². The van der Waals surface area contributed by atoms with Crippen LogP contribution in [0.3, 0.4) is 0 Å². The Bertz CT molecular complexity index is 336. The normalized spacial score (nSPS) is 10.4. The molecule has 0 saturated heterocycles. The zero-order chi connectivity index (χ0) is 11.8. The maximum absolute atomic E-state index is 11.7. The number of ketones is 1. The molecule has 2 nitrogen and oxygen atoms in total. The van der Waals surface area contributed by atoms with E-state index >= 15 is 0 Å². The van der Waals surface area contributed by atoms with Crippen LogP contribution in [0.2, 0.25) is 5.02 Å². The molecule has 0 spiro atoms. The summed E-state index contributed by atoms with van der Waals surface area (Å²) in [7, 11) is 0. The van der Waals surface area contributed by atoms with Crippen LogP contribution >= 0.6 is 11.6 Å². The topological polar surface area (TPSA) is 26.3 Å². The maximum Gasteiger partial charge on any atom is 0.166 e. The Labute approximate surface area is 102 Å². The van der Waals surface area contributed by atoms with Gasteiger partial charge in [0.25, 0.3) is 0 Å². The summed E-state index contributed by atoms with van der Waals surface area (Å²) < 4.78 is 5.34. The number of carbonyl (C=O) groups excluding carboxylic acids is 1. The monoisotopic (exact) mass is 240 g/mol. The molecule has 0 fully saturated rings. The fraction of sp³-hybridized carbons (Fsp3) is 0.462. The molecule has 3 heteroatoms. The minimum Gasteiger partial charge on any atom is -0.381 e. The van der Waals surface area contributed by atoms with Crippen LogP contribution < -0.4 is 0 Å². The van der Waals surface area contributed by atoms with Crippen molar-refractivity contribution in [2.45, 2.75) is 26.2 Å². The van der Waals surface area contributed by atoms with Crippen molar-refractivity contribution in [2.24, 2.45) is 0 Å². The zero-order valence-corrected chi connectivity index (χ0v) is 10.3. The highest BCUT2D eigenvalue weighted by molar-refractivity contribution is 6.33. The SMILES string of the molecule is CCCCOCCC(=O)c1ccccc1Cl. The first kappa shape index (κ1) is 13.2. The molecule has 0 aliphatic carbocycles. The van der Waals surface area contributed by atoms with E-state index in [0.717, 1.165) is 19.4 Å². The van der Waals surface area contributed by atoms with Crippen molar-refractivity contribution in [3.8, 4) is 0 Å². The third kappa shape index (κ3) is 4.33. The van der Waals surface area contributed by atoms with E-state index in [0.29, 0.717) is 23.6 Å². The molecule has 0 heterocycles. The Morgan fingerprint density at radius 3 is 2.75 bits per heavy atom. The van der Waals surface area contributed by atoms with E-state index < -0.39 is 0 Å². The summed E-state index contributed by atoms with van der Waals surface area (Å²) in [6.07, 6.45) is 2.55. The lowest BCUT2D eigenvalue weighted by Gasteiger charge is -2.04. The molecule has 0 amide bonds. The number of rotatable bonds is 7. The van der Waals surface area contributed by atoms with Crippen LogP contribution in [0.15, 0.2) is 24.3 Å². The molecule has 0 atom stereocenters. The summed E-state index contributed by atoms with van der Waals surface area (Å²) in [5.41, 5.74) is 0.586. The van der Waals surface area contributed by atoms with Crippen molar-refractivity contribution >= 4 is 17.4 Å². The molecule has 0 saturated carbocycles. The first-order chi connectivity index (χ1) is 7.75. The largest absolute Gasteiger partial charge is 0.381 e. The predicted octanol–water partition coefficient (Wildman–Crippen LogP) is 3.73. The Balaban J connectivity index is 2.33. The molecule has 1 aromatic rings. The van der Waals surface area contributed by atoms with Crippen molar-refractivity contribution in [3.63, 3.8) is 0 Å². The lowest BCUT2D eigenvalue weighted by atomic mass is 10.1. The Hall–Kier alpha value is -0.860. The molecule has 1 rings (SSSR count). The van der Waals surface area contributed by atoms with Crippen LogP contribution in [0.25, 0.3) is 0 Å². The van der Waals surface area contributed by atoms with Crippen LogP contribution in [-0.2, 0) is 4.74 Å². The van der Waals surface area contributed by atoms with Gasteiger partial charge in [-0.1, -0.05) is 37.1 Å². The number of hydrogen-bond donors (Lipinski definition) is 0. The van der Waals surface area contributed by atoms with Gasteiger partial charge in [0.2, 0.25) is 0 Å². The molecule has 0 unspecified atom stereocenters. The molecule has 0 radical (unpaired) electrons. The van der Waals surface area contributed by atoms with Gasteiger partial charge >= 0.3 is 0 Å². The number of carbonyl (C=O) groups is 1. The van der Waals surface area contributed by atoms with E-state index in [1.165, 1.54) is 0 Å². The molecule has 1 aromatic carbocycles. The van der Waals surface area contributed by atoms with Gasteiger partial charge < -0.3 is 4.74 Å². The minimum atomic E-state index is 0.0436. The van der Waals surface area contributed by atoms with Gasteiger partial charge in [-0.25, -0.2) is 0 Å². The predicted molar refractivity (Wildman–Crippen MR) is 66.1 cm³/mol. The standard InChI is InChI=1S/C13H17ClO2/c1-2-3-9-16-10-8-13(15)11-6-4-5-7-12(11)14/h4-7H,2-3,8-10H2,1H3. The molecule has 88 valence electrons. The molecule has 16 heavy (non-hydrogen) atoms. The van der Waals surface area contributed by atoms with Gasteiger partial charge in [-0.05, 0) is 18.6 Å². The summed E-state index contributed by atoms with van der Waals surface area (Å²) in [6, 6.07) is 7.11. The summed E-state index contributed by atoms with van der Waals surface area (Å²) in [5, 5.41) is 0.515. The zero-order valence-electron chi connectivity index (χ0n) is 9.54. The fourth-order valence-electron chi connectivity index (χ4n) is 1.34. The quantitative estimate of drug-likeness (QED) is 0.536. The van der Waals surface area contributed by atoms with E-state index in [1.54, 1.807) is 12.1 Å². The molecule has 0 aliphatic heterocycles. The second kappa shape index (κ2) is 7.42. The third-order valence-electron chi connectivity index (χ3n) is 2.29. The minimum absolute atomic E-state index is 0.0436. The van der Waals surface area contributed by atoms with Gasteiger partial charge in [0.15, 0.2) is 5.78 Å². The summed E-state index contributed by atoms with van der Waals surface area (Å²) in [6.45, 7) is 3.31. The van der Waals surface area contributed by atoms with Gasteiger partial charge in [-0.15, -0.1) is 0 Å². The second-order valence-corrected chi connectivity index (χ2v) is 4.03. The Kier molecular flexibility index (Phi) is 6.12. The van der Waals surface area contributed by atoms with Crippen molar-refractivity contribution in [1.82, 2.24) is 0 Å². The lowest BCUT2D eigenvalue weighted by Crippen LogP contribution is -2.06. The van der Waals surface area contributed by atoms with Crippen molar-refractivity contribution < 1.29 is 9.53 Å². The van der Waals surface area contributed by atoms with Crippen LogP contribution in [-0.4, -0.2) is 19.0 Å². The van der Waals surface area contributed by atoms with Crippen LogP contribution in [0, 0.1) is 0 Å². The van der Waals surface area contributed by atoms with Crippen molar-refractivity contribution in [1.29, 1.82) is 0 Å². The molecule has 0 aliphatic rings. The summed E-state index contributed by atoms with van der Waals surface area (Å²) in [4.78, 5) is 11.7. The molecular formula is C13H17ClO2. The van der Waals surface area contributed by atoms with E-state index in [2.05, 4.69) is 6.92 Å². The molecule has 0 N–H and O–H groups in total. The van der Waals surface area contributed by atoms with E-state index in [9.17, 15) is 4.79 Å². The Morgan fingerprint density at radius 2 is 2.06 bits per heavy atom. The van der Waals surface area contributed by atoms with Gasteiger partial charge in [-0.2, -0.15) is 0 Å². The first-order valence-corrected chi connectivity index (χ1v) is 5.99. The Morgan fingerprint density at radius 1 is 1.31 bits per heavy atom. The number of ether oxygens (including phenoxy) is 1. The van der Waals surface area contributed by atoms with Gasteiger partial charge in [0.1, 0.15) is 0 Å². The highest BCUT2D eigenvalue weighted by Crippen LogP contribution is 2.16. The number of benzene rings is 1. The third-order valence-corrected chi connectivity index (χ3v) is 2.62. The lowest BCUT2D eigenvalue weighted by molar-refractivity contribution is 0.0874. The average Bonchev–Trinajstić information content (AvgIpc) is 2.29.